The van der Waals surface area contributed by atoms with E-state index in [1.165, 1.54) is 36.4 Å². The zero-order valence-electron chi connectivity index (χ0n) is 15.1. The average Bonchev–Trinajstić information content (AvgIpc) is 2.68. The highest BCUT2D eigenvalue weighted by molar-refractivity contribution is 7.89. The number of anilines is 1. The Morgan fingerprint density at radius 3 is 2.38 bits per heavy atom. The van der Waals surface area contributed by atoms with E-state index in [9.17, 15) is 26.4 Å². The molecule has 1 N–H and O–H groups in total. The molecule has 1 saturated heterocycles. The van der Waals surface area contributed by atoms with Gasteiger partial charge in [-0.15, -0.1) is 0 Å². The van der Waals surface area contributed by atoms with E-state index in [2.05, 4.69) is 5.32 Å². The summed E-state index contributed by atoms with van der Waals surface area (Å²) in [6, 6.07) is 9.00. The lowest BCUT2D eigenvalue weighted by molar-refractivity contribution is -0.137. The van der Waals surface area contributed by atoms with Crippen LogP contribution in [-0.2, 0) is 21.0 Å². The van der Waals surface area contributed by atoms with E-state index >= 15 is 0 Å². The third-order valence-corrected chi connectivity index (χ3v) is 6.84. The molecular weight excluding hydrogens is 429 g/mol. The molecule has 0 aromatic heterocycles. The minimum atomic E-state index is -4.65. The van der Waals surface area contributed by atoms with Crippen LogP contribution < -0.4 is 5.32 Å². The third-order valence-electron chi connectivity index (χ3n) is 4.67. The Bertz CT molecular complexity index is 995. The Hall–Kier alpha value is -2.10. The highest BCUT2D eigenvalue weighted by atomic mass is 35.5. The fourth-order valence-corrected chi connectivity index (χ4v) is 5.03. The van der Waals surface area contributed by atoms with Gasteiger partial charge in [-0.2, -0.15) is 17.5 Å². The number of nitrogens with one attached hydrogen (secondary N) is 1. The van der Waals surface area contributed by atoms with Crippen LogP contribution in [0, 0.1) is 0 Å². The maximum absolute atomic E-state index is 13.2. The monoisotopic (exact) mass is 446 g/mol. The van der Waals surface area contributed by atoms with Crippen molar-refractivity contribution in [3.05, 3.63) is 59.1 Å². The van der Waals surface area contributed by atoms with Gasteiger partial charge >= 0.3 is 6.18 Å². The number of nitrogens with zero attached hydrogens (tertiary/aromatic N) is 1. The Labute approximate surface area is 171 Å². The first-order chi connectivity index (χ1) is 13.6. The molecule has 29 heavy (non-hydrogen) atoms. The molecule has 156 valence electrons. The van der Waals surface area contributed by atoms with Crippen LogP contribution in [0.2, 0.25) is 5.02 Å². The van der Waals surface area contributed by atoms with Crippen molar-refractivity contribution >= 4 is 33.2 Å². The number of hydrogen-bond donors (Lipinski definition) is 1. The van der Waals surface area contributed by atoms with Crippen LogP contribution in [0.25, 0.3) is 0 Å². The number of rotatable bonds is 4. The van der Waals surface area contributed by atoms with Crippen molar-refractivity contribution in [1.82, 2.24) is 4.31 Å². The molecule has 1 amide bonds. The average molecular weight is 447 g/mol. The van der Waals surface area contributed by atoms with Gasteiger partial charge in [-0.1, -0.05) is 30.2 Å². The van der Waals surface area contributed by atoms with E-state index in [1.54, 1.807) is 0 Å². The maximum atomic E-state index is 13.2. The van der Waals surface area contributed by atoms with Crippen molar-refractivity contribution in [2.45, 2.75) is 36.4 Å². The van der Waals surface area contributed by atoms with E-state index < -0.39 is 39.4 Å². The molecule has 0 aliphatic carbocycles. The van der Waals surface area contributed by atoms with Crippen molar-refractivity contribution < 1.29 is 26.4 Å². The van der Waals surface area contributed by atoms with E-state index in [0.29, 0.717) is 17.9 Å². The van der Waals surface area contributed by atoms with Crippen LogP contribution in [0.1, 0.15) is 24.8 Å². The minimum absolute atomic E-state index is 0.0303. The second kappa shape index (κ2) is 8.33. The lowest BCUT2D eigenvalue weighted by atomic mass is 10.0. The van der Waals surface area contributed by atoms with Crippen molar-refractivity contribution in [3.63, 3.8) is 0 Å². The Morgan fingerprint density at radius 2 is 1.72 bits per heavy atom. The molecule has 0 saturated carbocycles. The molecule has 1 atom stereocenters. The number of piperidine rings is 1. The van der Waals surface area contributed by atoms with Gasteiger partial charge in [0.1, 0.15) is 6.04 Å². The molecule has 3 rings (SSSR count). The van der Waals surface area contributed by atoms with Crippen LogP contribution in [0.3, 0.4) is 0 Å². The smallest absolute Gasteiger partial charge is 0.324 e. The number of hydrogen-bond acceptors (Lipinski definition) is 3. The number of amides is 1. The van der Waals surface area contributed by atoms with Gasteiger partial charge in [0.05, 0.1) is 16.1 Å². The number of benzene rings is 2. The standard InChI is InChI=1S/C19H18ClF3N2O3S/c20-13-8-10-14(11-9-13)29(27,28)25-12-4-3-7-17(25)18(26)24-16-6-2-1-5-15(16)19(21,22)23/h1-2,5-6,8-11,17H,3-4,7,12H2,(H,24,26). The number of para-hydroxylation sites is 1. The van der Waals surface area contributed by atoms with Gasteiger partial charge in [0.2, 0.25) is 15.9 Å². The predicted octanol–water partition coefficient (Wildman–Crippen LogP) is 4.54. The summed E-state index contributed by atoms with van der Waals surface area (Å²) < 4.78 is 66.7. The van der Waals surface area contributed by atoms with E-state index in [1.807, 2.05) is 0 Å². The maximum Gasteiger partial charge on any atom is 0.418 e. The van der Waals surface area contributed by atoms with Crippen molar-refractivity contribution in [1.29, 1.82) is 0 Å². The molecule has 1 aliphatic rings. The Kier molecular flexibility index (Phi) is 6.21. The molecule has 2 aromatic carbocycles. The molecule has 0 bridgehead atoms. The molecule has 1 unspecified atom stereocenters. The van der Waals surface area contributed by atoms with Crippen LogP contribution in [0.5, 0.6) is 0 Å². The van der Waals surface area contributed by atoms with E-state index in [4.69, 9.17) is 11.6 Å². The number of carbonyl (C=O) groups excluding carboxylic acids is 1. The van der Waals surface area contributed by atoms with Gasteiger partial charge in [0, 0.05) is 11.6 Å². The summed E-state index contributed by atoms with van der Waals surface area (Å²) >= 11 is 5.80. The molecular formula is C19H18ClF3N2O3S. The molecule has 1 heterocycles. The normalized spacial score (nSPS) is 18.4. The summed E-state index contributed by atoms with van der Waals surface area (Å²) in [5.74, 6) is -0.793. The molecule has 0 radical (unpaired) electrons. The van der Waals surface area contributed by atoms with Crippen LogP contribution >= 0.6 is 11.6 Å². The molecule has 10 heteroatoms. The van der Waals surface area contributed by atoms with Gasteiger partial charge < -0.3 is 5.32 Å². The van der Waals surface area contributed by atoms with Crippen LogP contribution in [-0.4, -0.2) is 31.2 Å². The van der Waals surface area contributed by atoms with E-state index in [-0.39, 0.29) is 17.9 Å². The van der Waals surface area contributed by atoms with Crippen molar-refractivity contribution in [3.8, 4) is 0 Å². The predicted molar refractivity (Wildman–Crippen MR) is 103 cm³/mol. The Morgan fingerprint density at radius 1 is 1.07 bits per heavy atom. The molecule has 1 aliphatic heterocycles. The summed E-state index contributed by atoms with van der Waals surface area (Å²) in [5.41, 5.74) is -1.39. The SMILES string of the molecule is O=C(Nc1ccccc1C(F)(F)F)C1CCCCN1S(=O)(=O)c1ccc(Cl)cc1. The van der Waals surface area contributed by atoms with Gasteiger partial charge in [-0.25, -0.2) is 8.42 Å². The fraction of sp³-hybridized carbons (Fsp3) is 0.316. The summed E-state index contributed by atoms with van der Waals surface area (Å²) in [6.07, 6.45) is -3.29. The summed E-state index contributed by atoms with van der Waals surface area (Å²) in [5, 5.41) is 2.62. The first-order valence-corrected chi connectivity index (χ1v) is 10.7. The first kappa shape index (κ1) is 21.6. The molecule has 5 nitrogen and oxygen atoms in total. The van der Waals surface area contributed by atoms with Gasteiger partial charge in [-0.05, 0) is 49.2 Å². The second-order valence-corrected chi connectivity index (χ2v) is 8.94. The lowest BCUT2D eigenvalue weighted by Crippen LogP contribution is -2.49. The van der Waals surface area contributed by atoms with Crippen LogP contribution in [0.15, 0.2) is 53.4 Å². The molecule has 2 aromatic rings. The first-order valence-electron chi connectivity index (χ1n) is 8.85. The largest absolute Gasteiger partial charge is 0.418 e. The summed E-state index contributed by atoms with van der Waals surface area (Å²) in [6.45, 7) is 0.101. The van der Waals surface area contributed by atoms with Crippen molar-refractivity contribution in [2.75, 3.05) is 11.9 Å². The fourth-order valence-electron chi connectivity index (χ4n) is 3.25. The zero-order chi connectivity index (χ0) is 21.2. The zero-order valence-corrected chi connectivity index (χ0v) is 16.7. The minimum Gasteiger partial charge on any atom is -0.324 e. The van der Waals surface area contributed by atoms with Gasteiger partial charge in [0.25, 0.3) is 0 Å². The van der Waals surface area contributed by atoms with Gasteiger partial charge in [-0.3, -0.25) is 4.79 Å². The number of alkyl halides is 3. The van der Waals surface area contributed by atoms with Crippen LogP contribution in [0.4, 0.5) is 18.9 Å². The second-order valence-electron chi connectivity index (χ2n) is 6.61. The lowest BCUT2D eigenvalue weighted by Gasteiger charge is -2.33. The summed E-state index contributed by atoms with van der Waals surface area (Å²) in [4.78, 5) is 12.8. The molecule has 0 spiro atoms. The molecule has 1 fully saturated rings. The number of carbonyl (C=O) groups is 1. The van der Waals surface area contributed by atoms with E-state index in [0.717, 1.165) is 16.4 Å². The highest BCUT2D eigenvalue weighted by Gasteiger charge is 2.39. The Balaban J connectivity index is 1.89. The summed E-state index contributed by atoms with van der Waals surface area (Å²) in [7, 11) is -4.01. The highest BCUT2D eigenvalue weighted by Crippen LogP contribution is 2.35. The topological polar surface area (TPSA) is 66.5 Å². The van der Waals surface area contributed by atoms with Gasteiger partial charge in [0.15, 0.2) is 0 Å². The van der Waals surface area contributed by atoms with Crippen molar-refractivity contribution in [2.24, 2.45) is 0 Å². The number of sulfonamides is 1. The number of halogens is 4. The third kappa shape index (κ3) is 4.73. The quantitative estimate of drug-likeness (QED) is 0.749.